The second-order valence-corrected chi connectivity index (χ2v) is 14.1. The van der Waals surface area contributed by atoms with E-state index in [1.54, 1.807) is 6.07 Å². The SMILES string of the molecule is C=S1(=O)CC/C=C\[C@H](O)[C@@H]2CC[C@H]2CN2C[C@@]3(CCCc4cc(Cl)ccc43)COc3ccc(cc32)C(=O)N1. The Kier molecular flexibility index (Phi) is 6.73. The van der Waals surface area contributed by atoms with Gasteiger partial charge in [-0.15, -0.1) is 0 Å². The van der Waals surface area contributed by atoms with Crippen LogP contribution < -0.4 is 14.4 Å². The van der Waals surface area contributed by atoms with Crippen LogP contribution in [-0.2, 0) is 21.5 Å². The van der Waals surface area contributed by atoms with Gasteiger partial charge in [0.15, 0.2) is 0 Å². The number of amides is 1. The molecule has 0 aromatic heterocycles. The maximum Gasteiger partial charge on any atom is 0.262 e. The molecule has 2 N–H and O–H groups in total. The summed E-state index contributed by atoms with van der Waals surface area (Å²) in [5.41, 5.74) is 3.68. The summed E-state index contributed by atoms with van der Waals surface area (Å²) in [6.45, 7) is 2.07. The molecule has 8 heteroatoms. The molecule has 0 radical (unpaired) electrons. The Morgan fingerprint density at radius 2 is 2.08 bits per heavy atom. The first kappa shape index (κ1) is 25.8. The Morgan fingerprint density at radius 3 is 2.89 bits per heavy atom. The van der Waals surface area contributed by atoms with Gasteiger partial charge in [0.25, 0.3) is 5.91 Å². The van der Waals surface area contributed by atoms with Crippen molar-refractivity contribution in [2.45, 2.75) is 50.0 Å². The third-order valence-electron chi connectivity index (χ3n) is 8.90. The molecule has 1 saturated carbocycles. The minimum atomic E-state index is -2.82. The van der Waals surface area contributed by atoms with E-state index in [1.807, 2.05) is 30.4 Å². The Labute approximate surface area is 230 Å². The Bertz CT molecular complexity index is 1390. The molecule has 2 aliphatic heterocycles. The standard InChI is InChI=1S/C30H35ClN2O4S/c1-38(36)14-3-2-6-27(34)24-10-7-22(24)17-33-18-30(13-4-5-20-15-23(31)9-11-25(20)30)19-37-28-12-8-21(16-26(28)33)29(35)32-38/h2,6,8-9,11-12,15-16,22,24,27,34H,1,3-5,7,10,13-14,17-19H2,(H,32,35,36)/b6-2-/t22-,24+,27-,30-,38?/m0/s1. The second-order valence-electron chi connectivity index (χ2n) is 11.4. The van der Waals surface area contributed by atoms with Gasteiger partial charge in [0, 0.05) is 44.6 Å². The molecule has 5 atom stereocenters. The Balaban J connectivity index is 1.43. The third kappa shape index (κ3) is 4.85. The van der Waals surface area contributed by atoms with Crippen LogP contribution >= 0.6 is 11.6 Å². The lowest BCUT2D eigenvalue weighted by Gasteiger charge is -2.45. The van der Waals surface area contributed by atoms with Crippen molar-refractivity contribution in [3.63, 3.8) is 0 Å². The van der Waals surface area contributed by atoms with Crippen LogP contribution in [0.4, 0.5) is 5.69 Å². The van der Waals surface area contributed by atoms with Crippen molar-refractivity contribution < 1.29 is 18.8 Å². The Hall–Kier alpha value is -2.48. The van der Waals surface area contributed by atoms with Crippen molar-refractivity contribution in [1.82, 2.24) is 4.72 Å². The van der Waals surface area contributed by atoms with E-state index in [2.05, 4.69) is 27.6 Å². The van der Waals surface area contributed by atoms with Gasteiger partial charge >= 0.3 is 0 Å². The van der Waals surface area contributed by atoms with E-state index in [1.165, 1.54) is 11.1 Å². The molecule has 4 aliphatic rings. The first-order chi connectivity index (χ1) is 18.2. The van der Waals surface area contributed by atoms with E-state index in [4.69, 9.17) is 16.3 Å². The zero-order chi connectivity index (χ0) is 26.5. The van der Waals surface area contributed by atoms with E-state index in [0.717, 1.165) is 61.7 Å². The number of carbonyl (C=O) groups is 1. The molecule has 6 rings (SSSR count). The third-order valence-corrected chi connectivity index (χ3v) is 10.6. The van der Waals surface area contributed by atoms with Crippen molar-refractivity contribution in [3.8, 4) is 5.75 Å². The summed E-state index contributed by atoms with van der Waals surface area (Å²) < 4.78 is 22.2. The molecule has 2 aromatic carbocycles. The molecule has 1 amide bonds. The highest BCUT2D eigenvalue weighted by Gasteiger charge is 2.44. The average molecular weight is 555 g/mol. The van der Waals surface area contributed by atoms with Crippen LogP contribution in [0.5, 0.6) is 5.75 Å². The highest BCUT2D eigenvalue weighted by atomic mass is 35.5. The largest absolute Gasteiger partial charge is 0.490 e. The molecule has 2 aromatic rings. The van der Waals surface area contributed by atoms with Crippen molar-refractivity contribution >= 4 is 38.8 Å². The van der Waals surface area contributed by atoms with Crippen LogP contribution in [0.3, 0.4) is 0 Å². The lowest BCUT2D eigenvalue weighted by Crippen LogP contribution is -2.49. The van der Waals surface area contributed by atoms with Crippen LogP contribution in [0.1, 0.15) is 53.6 Å². The minimum absolute atomic E-state index is 0.171. The molecule has 0 saturated heterocycles. The van der Waals surface area contributed by atoms with Gasteiger partial charge in [0.2, 0.25) is 0 Å². The van der Waals surface area contributed by atoms with E-state index < -0.39 is 21.7 Å². The van der Waals surface area contributed by atoms with Gasteiger partial charge in [-0.2, -0.15) is 0 Å². The number of aliphatic hydroxyl groups excluding tert-OH is 1. The van der Waals surface area contributed by atoms with Crippen molar-refractivity contribution in [3.05, 3.63) is 70.3 Å². The van der Waals surface area contributed by atoms with Crippen LogP contribution in [0.25, 0.3) is 0 Å². The number of allylic oxidation sites excluding steroid dienone is 1. The summed E-state index contributed by atoms with van der Waals surface area (Å²) in [4.78, 5) is 15.5. The quantitative estimate of drug-likeness (QED) is 0.370. The number of hydrogen-bond acceptors (Lipinski definition) is 5. The van der Waals surface area contributed by atoms with Gasteiger partial charge in [-0.1, -0.05) is 29.8 Å². The second kappa shape index (κ2) is 9.92. The normalized spacial score (nSPS) is 33.8. The number of benzene rings is 2. The molecule has 2 bridgehead atoms. The minimum Gasteiger partial charge on any atom is -0.490 e. The summed E-state index contributed by atoms with van der Waals surface area (Å²) in [5.74, 6) is 4.85. The first-order valence-electron chi connectivity index (χ1n) is 13.6. The van der Waals surface area contributed by atoms with Crippen molar-refractivity contribution in [2.75, 3.05) is 30.3 Å². The van der Waals surface area contributed by atoms with Gasteiger partial charge in [-0.25, -0.2) is 4.21 Å². The highest BCUT2D eigenvalue weighted by Crippen LogP contribution is 2.46. The topological polar surface area (TPSA) is 78.9 Å². The zero-order valence-corrected chi connectivity index (χ0v) is 23.1. The number of nitrogens with zero attached hydrogens (tertiary/aromatic N) is 1. The summed E-state index contributed by atoms with van der Waals surface area (Å²) >= 11 is 6.37. The zero-order valence-electron chi connectivity index (χ0n) is 21.5. The number of halogens is 1. The summed E-state index contributed by atoms with van der Waals surface area (Å²) in [7, 11) is -2.82. The van der Waals surface area contributed by atoms with Crippen LogP contribution in [0, 0.1) is 11.8 Å². The maximum absolute atomic E-state index is 13.2. The molecule has 202 valence electrons. The average Bonchev–Trinajstić information content (AvgIpc) is 3.01. The fourth-order valence-corrected chi connectivity index (χ4v) is 7.99. The summed E-state index contributed by atoms with van der Waals surface area (Å²) in [6, 6.07) is 11.7. The van der Waals surface area contributed by atoms with Crippen LogP contribution in [-0.4, -0.2) is 52.6 Å². The van der Waals surface area contributed by atoms with Crippen LogP contribution in [0.15, 0.2) is 48.6 Å². The van der Waals surface area contributed by atoms with Crippen molar-refractivity contribution in [1.29, 1.82) is 0 Å². The predicted molar refractivity (Wildman–Crippen MR) is 154 cm³/mol. The number of aryl methyl sites for hydroxylation is 1. The lowest BCUT2D eigenvalue weighted by molar-refractivity contribution is 0.0456. The Morgan fingerprint density at radius 1 is 1.21 bits per heavy atom. The number of hydrogen-bond donors (Lipinski definition) is 2. The predicted octanol–water partition coefficient (Wildman–Crippen LogP) is 4.52. The van der Waals surface area contributed by atoms with E-state index in [9.17, 15) is 14.1 Å². The summed E-state index contributed by atoms with van der Waals surface area (Å²) in [5, 5.41) is 11.7. The molecule has 1 fully saturated rings. The van der Waals surface area contributed by atoms with Crippen molar-refractivity contribution in [2.24, 2.45) is 11.8 Å². The first-order valence-corrected chi connectivity index (χ1v) is 15.8. The van der Waals surface area contributed by atoms with E-state index in [0.29, 0.717) is 24.5 Å². The highest BCUT2D eigenvalue weighted by molar-refractivity contribution is 7.99. The fourth-order valence-electron chi connectivity index (χ4n) is 6.73. The molecule has 1 spiro atoms. The molecule has 2 aliphatic carbocycles. The molecule has 2 heterocycles. The summed E-state index contributed by atoms with van der Waals surface area (Å²) in [6.07, 6.45) is 8.72. The van der Waals surface area contributed by atoms with E-state index in [-0.39, 0.29) is 17.1 Å². The van der Waals surface area contributed by atoms with Gasteiger partial charge in [-0.05, 0) is 97.7 Å². The number of fused-ring (bicyclic) bond motifs is 4. The number of carbonyl (C=O) groups excluding carboxylic acids is 1. The van der Waals surface area contributed by atoms with Gasteiger partial charge in [0.05, 0.1) is 18.4 Å². The molecule has 6 nitrogen and oxygen atoms in total. The number of aliphatic hydroxyl groups is 1. The van der Waals surface area contributed by atoms with E-state index >= 15 is 0 Å². The molecule has 38 heavy (non-hydrogen) atoms. The molecular formula is C30H35ClN2O4S. The van der Waals surface area contributed by atoms with Gasteiger partial charge in [-0.3, -0.25) is 9.52 Å². The van der Waals surface area contributed by atoms with Gasteiger partial charge in [0.1, 0.15) is 5.75 Å². The monoisotopic (exact) mass is 554 g/mol. The fraction of sp³-hybridized carbons (Fsp3) is 0.467. The molecule has 1 unspecified atom stereocenters. The number of rotatable bonds is 0. The van der Waals surface area contributed by atoms with Crippen LogP contribution in [0.2, 0.25) is 5.02 Å². The smallest absolute Gasteiger partial charge is 0.262 e. The number of anilines is 1. The van der Waals surface area contributed by atoms with Gasteiger partial charge < -0.3 is 14.7 Å². The molecular weight excluding hydrogens is 520 g/mol. The lowest BCUT2D eigenvalue weighted by atomic mass is 9.68. The number of ether oxygens (including phenoxy) is 1. The maximum atomic E-state index is 13.2. The number of nitrogens with one attached hydrogen (secondary N) is 1.